The molecule has 0 saturated heterocycles. The molecule has 0 aliphatic heterocycles. The molecule has 0 amide bonds. The Kier molecular flexibility index (Phi) is 7.42. The molecule has 0 fully saturated rings. The van der Waals surface area contributed by atoms with Gasteiger partial charge in [0.15, 0.2) is 0 Å². The van der Waals surface area contributed by atoms with Gasteiger partial charge in [-0.2, -0.15) is 0 Å². The van der Waals surface area contributed by atoms with Crippen LogP contribution < -0.4 is 0 Å². The summed E-state index contributed by atoms with van der Waals surface area (Å²) in [6.45, 7) is 6.47. The number of hydrogen-bond donors (Lipinski definition) is 0. The Labute approximate surface area is 272 Å². The number of para-hydroxylation sites is 1. The maximum Gasteiger partial charge on any atom is 0.0491 e. The van der Waals surface area contributed by atoms with Crippen LogP contribution in [0.15, 0.2) is 121 Å². The monoisotopic (exact) mass is 596 g/mol. The normalized spacial score (nSPS) is 16.4. The minimum Gasteiger partial charge on any atom is -0.344 e. The molecular weight excluding hydrogens is 556 g/mol. The zero-order valence-electron chi connectivity index (χ0n) is 26.8. The molecule has 2 heteroatoms. The molecule has 1 atom stereocenters. The Hall–Kier alpha value is -5.08. The van der Waals surface area contributed by atoms with Crippen LogP contribution in [-0.2, 0) is 19.5 Å². The highest BCUT2D eigenvalue weighted by Crippen LogP contribution is 2.33. The number of aromatic nitrogens is 2. The van der Waals surface area contributed by atoms with E-state index in [1.54, 1.807) is 0 Å². The van der Waals surface area contributed by atoms with Crippen molar-refractivity contribution in [3.8, 4) is 0 Å². The largest absolute Gasteiger partial charge is 0.344 e. The molecule has 0 N–H and O–H groups in total. The minimum atomic E-state index is 0.413. The molecule has 2 nitrogen and oxygen atoms in total. The fraction of sp³-hybridized carbons (Fsp3) is 0.182. The van der Waals surface area contributed by atoms with Crippen LogP contribution in [0.3, 0.4) is 0 Å². The van der Waals surface area contributed by atoms with Crippen molar-refractivity contribution in [3.05, 3.63) is 154 Å². The minimum absolute atomic E-state index is 0.413. The second-order valence-electron chi connectivity index (χ2n) is 12.6. The number of aryl methyl sites for hydroxylation is 2. The first-order valence-electron chi connectivity index (χ1n) is 16.9. The van der Waals surface area contributed by atoms with Crippen LogP contribution in [0.1, 0.15) is 66.1 Å². The van der Waals surface area contributed by atoms with Crippen LogP contribution in [0.2, 0.25) is 0 Å². The molecule has 2 aromatic heterocycles. The van der Waals surface area contributed by atoms with Crippen LogP contribution in [0.25, 0.3) is 57.0 Å². The number of allylic oxidation sites excluding steroid dienone is 6. The van der Waals surface area contributed by atoms with Crippen molar-refractivity contribution in [2.75, 3.05) is 0 Å². The van der Waals surface area contributed by atoms with Crippen LogP contribution >= 0.6 is 0 Å². The van der Waals surface area contributed by atoms with Crippen molar-refractivity contribution >= 4 is 57.0 Å². The van der Waals surface area contributed by atoms with Gasteiger partial charge in [-0.1, -0.05) is 109 Å². The van der Waals surface area contributed by atoms with Crippen LogP contribution in [-0.4, -0.2) is 9.13 Å². The lowest BCUT2D eigenvalue weighted by molar-refractivity contribution is 0.729. The second kappa shape index (κ2) is 12.0. The van der Waals surface area contributed by atoms with E-state index in [4.69, 9.17) is 0 Å². The predicted molar refractivity (Wildman–Crippen MR) is 199 cm³/mol. The van der Waals surface area contributed by atoms with Gasteiger partial charge in [0.05, 0.1) is 0 Å². The molecule has 2 aliphatic carbocycles. The van der Waals surface area contributed by atoms with Gasteiger partial charge >= 0.3 is 0 Å². The van der Waals surface area contributed by atoms with Crippen molar-refractivity contribution in [1.82, 2.24) is 9.13 Å². The molecule has 1 unspecified atom stereocenters. The zero-order chi connectivity index (χ0) is 31.0. The van der Waals surface area contributed by atoms with Gasteiger partial charge in [-0.3, -0.25) is 0 Å². The Bertz CT molecular complexity index is 2240. The predicted octanol–water partition coefficient (Wildman–Crippen LogP) is 11.6. The average Bonchev–Trinajstić information content (AvgIpc) is 3.61. The Morgan fingerprint density at radius 1 is 0.652 bits per heavy atom. The average molecular weight is 597 g/mol. The van der Waals surface area contributed by atoms with Gasteiger partial charge in [0.1, 0.15) is 0 Å². The molecule has 0 saturated carbocycles. The summed E-state index contributed by atoms with van der Waals surface area (Å²) < 4.78 is 4.89. The Morgan fingerprint density at radius 3 is 2.09 bits per heavy atom. The van der Waals surface area contributed by atoms with Crippen molar-refractivity contribution in [2.45, 2.75) is 52.1 Å². The van der Waals surface area contributed by atoms with Gasteiger partial charge in [0.25, 0.3) is 0 Å². The number of benzene rings is 4. The Morgan fingerprint density at radius 2 is 1.33 bits per heavy atom. The van der Waals surface area contributed by atoms with Gasteiger partial charge in [0, 0.05) is 63.0 Å². The highest BCUT2D eigenvalue weighted by Gasteiger charge is 2.16. The molecule has 2 heterocycles. The summed E-state index contributed by atoms with van der Waals surface area (Å²) in [5.74, 6) is 0.413. The maximum absolute atomic E-state index is 2.49. The van der Waals surface area contributed by atoms with Crippen molar-refractivity contribution < 1.29 is 0 Å². The summed E-state index contributed by atoms with van der Waals surface area (Å²) in [4.78, 5) is 0. The van der Waals surface area contributed by atoms with Gasteiger partial charge in [-0.15, -0.1) is 0 Å². The van der Waals surface area contributed by atoms with Crippen LogP contribution in [0.5, 0.6) is 0 Å². The number of fused-ring (bicyclic) bond motifs is 6. The molecule has 0 bridgehead atoms. The van der Waals surface area contributed by atoms with Gasteiger partial charge in [-0.25, -0.2) is 0 Å². The highest BCUT2D eigenvalue weighted by atomic mass is 15.0. The highest BCUT2D eigenvalue weighted by molar-refractivity contribution is 6.08. The quantitative estimate of drug-likeness (QED) is 0.162. The van der Waals surface area contributed by atoms with E-state index in [0.717, 1.165) is 32.4 Å². The van der Waals surface area contributed by atoms with Crippen molar-refractivity contribution in [1.29, 1.82) is 0 Å². The smallest absolute Gasteiger partial charge is 0.0491 e. The standard InChI is InChI=1S/C44H40N2/c1-3-45-41-11-7-5-9-37(41)39-29-33(21-27-43(39)45)15-13-31-17-23-35(24-18-31)36-25-19-32(20-26-36)14-16-34-22-28-44-40(30-34)38-10-6-8-12-42(38)46(44)4-2/h5-7,9-11,13-23,25-30,35H,3-4,8,12,24H2,1-2H3/b15-13+,16-14+. The molecule has 6 aromatic rings. The third-order valence-electron chi connectivity index (χ3n) is 9.93. The third kappa shape index (κ3) is 5.08. The van der Waals surface area contributed by atoms with Crippen molar-refractivity contribution in [2.24, 2.45) is 0 Å². The van der Waals surface area contributed by atoms with E-state index in [0.29, 0.717) is 5.92 Å². The van der Waals surface area contributed by atoms with Gasteiger partial charge in [-0.05, 0) is 91.3 Å². The van der Waals surface area contributed by atoms with Crippen LogP contribution in [0, 0.1) is 0 Å². The topological polar surface area (TPSA) is 9.86 Å². The first-order chi connectivity index (χ1) is 22.7. The first-order valence-corrected chi connectivity index (χ1v) is 16.9. The number of hydrogen-bond acceptors (Lipinski definition) is 0. The molecular formula is C44H40N2. The third-order valence-corrected chi connectivity index (χ3v) is 9.93. The second-order valence-corrected chi connectivity index (χ2v) is 12.6. The van der Waals surface area contributed by atoms with Gasteiger partial charge in [0.2, 0.25) is 0 Å². The summed E-state index contributed by atoms with van der Waals surface area (Å²) in [7, 11) is 0. The molecule has 46 heavy (non-hydrogen) atoms. The van der Waals surface area contributed by atoms with E-state index in [1.807, 2.05) is 0 Å². The van der Waals surface area contributed by atoms with Crippen molar-refractivity contribution in [3.63, 3.8) is 0 Å². The lowest BCUT2D eigenvalue weighted by Crippen LogP contribution is -2.02. The zero-order valence-corrected chi connectivity index (χ0v) is 26.8. The van der Waals surface area contributed by atoms with E-state index in [9.17, 15) is 0 Å². The summed E-state index contributed by atoms with van der Waals surface area (Å²) in [6, 6.07) is 31.6. The fourth-order valence-electron chi connectivity index (χ4n) is 7.56. The summed E-state index contributed by atoms with van der Waals surface area (Å²) in [5.41, 5.74) is 13.2. The summed E-state index contributed by atoms with van der Waals surface area (Å²) in [5, 5.41) is 4.03. The van der Waals surface area contributed by atoms with E-state index < -0.39 is 0 Å². The number of rotatable bonds is 7. The van der Waals surface area contributed by atoms with E-state index >= 15 is 0 Å². The maximum atomic E-state index is 2.49. The number of nitrogens with zero attached hydrogens (tertiary/aromatic N) is 2. The summed E-state index contributed by atoms with van der Waals surface area (Å²) in [6.07, 6.45) is 23.9. The molecule has 0 radical (unpaired) electrons. The molecule has 8 rings (SSSR count). The summed E-state index contributed by atoms with van der Waals surface area (Å²) >= 11 is 0. The van der Waals surface area contributed by atoms with E-state index in [2.05, 4.69) is 163 Å². The SMILES string of the molecule is CCn1c2c(c3cc(/C=C/c4ccc(C5C=CC(/C=C/c6ccc7c(c6)c6ccccc6n7CC)=CC5)cc4)ccc31)C=CCC2. The molecule has 0 spiro atoms. The lowest BCUT2D eigenvalue weighted by atomic mass is 9.89. The molecule has 4 aromatic carbocycles. The Balaban J connectivity index is 0.939. The molecule has 2 aliphatic rings. The van der Waals surface area contributed by atoms with E-state index in [-0.39, 0.29) is 0 Å². The van der Waals surface area contributed by atoms with Crippen LogP contribution in [0.4, 0.5) is 0 Å². The fourth-order valence-corrected chi connectivity index (χ4v) is 7.56. The lowest BCUT2D eigenvalue weighted by Gasteiger charge is -2.15. The van der Waals surface area contributed by atoms with Gasteiger partial charge < -0.3 is 9.13 Å². The molecule has 226 valence electrons. The van der Waals surface area contributed by atoms with E-state index in [1.165, 1.54) is 71.8 Å². The first kappa shape index (κ1) is 28.4.